The summed E-state index contributed by atoms with van der Waals surface area (Å²) in [5.74, 6) is 0.233. The monoisotopic (exact) mass is 181 g/mol. The lowest BCUT2D eigenvalue weighted by molar-refractivity contribution is 0.473. The molecule has 0 atom stereocenters. The van der Waals surface area contributed by atoms with Crippen LogP contribution in [-0.2, 0) is 6.42 Å². The van der Waals surface area contributed by atoms with Crippen LogP contribution in [0.1, 0.15) is 11.1 Å². The lowest BCUT2D eigenvalue weighted by atomic mass is 10.1. The Balaban J connectivity index is 2.27. The van der Waals surface area contributed by atoms with Gasteiger partial charge in [0, 0.05) is 6.07 Å². The van der Waals surface area contributed by atoms with Crippen LogP contribution in [0.3, 0.4) is 0 Å². The molecule has 3 rings (SSSR count). The first-order valence-electron chi connectivity index (χ1n) is 4.67. The van der Waals surface area contributed by atoms with Crippen LogP contribution in [0.2, 0.25) is 0 Å². The quantitative estimate of drug-likeness (QED) is 0.565. The molecule has 0 spiro atoms. The number of benzene rings is 2. The molecule has 2 aromatic rings. The molecule has 0 aromatic heterocycles. The highest BCUT2D eigenvalue weighted by Crippen LogP contribution is 2.37. The maximum Gasteiger partial charge on any atom is 0.123 e. The normalized spacial score (nSPS) is 12.3. The fraction of sp³-hybridized carbons (Fsp3) is 0.0769. The molecular weight excluding hydrogens is 172 g/mol. The summed E-state index contributed by atoms with van der Waals surface area (Å²) in [6.45, 7) is 0. The van der Waals surface area contributed by atoms with Crippen LogP contribution in [0.25, 0.3) is 11.1 Å². The first-order valence-corrected chi connectivity index (χ1v) is 4.67. The number of hydrogen-bond donors (Lipinski definition) is 1. The summed E-state index contributed by atoms with van der Waals surface area (Å²) < 4.78 is 0. The van der Waals surface area contributed by atoms with Crippen molar-refractivity contribution < 1.29 is 5.11 Å². The van der Waals surface area contributed by atoms with Gasteiger partial charge in [-0.1, -0.05) is 30.3 Å². The molecule has 1 aliphatic rings. The number of aromatic hydroxyl groups is 1. The van der Waals surface area contributed by atoms with E-state index in [2.05, 4.69) is 18.2 Å². The summed E-state index contributed by atoms with van der Waals surface area (Å²) in [5.41, 5.74) is 4.91. The summed E-state index contributed by atoms with van der Waals surface area (Å²) in [7, 11) is 0. The molecule has 0 fully saturated rings. The zero-order valence-electron chi connectivity index (χ0n) is 7.62. The molecule has 1 aliphatic carbocycles. The molecule has 0 unspecified atom stereocenters. The van der Waals surface area contributed by atoms with Gasteiger partial charge in [-0.25, -0.2) is 0 Å². The fourth-order valence-electron chi connectivity index (χ4n) is 2.05. The van der Waals surface area contributed by atoms with E-state index in [0.717, 1.165) is 12.0 Å². The molecule has 0 bridgehead atoms. The Labute approximate surface area is 82.6 Å². The van der Waals surface area contributed by atoms with E-state index in [0.29, 0.717) is 0 Å². The van der Waals surface area contributed by atoms with Crippen LogP contribution in [0.15, 0.2) is 36.4 Å². The molecule has 1 N–H and O–H groups in total. The molecule has 2 aromatic carbocycles. The van der Waals surface area contributed by atoms with Crippen LogP contribution >= 0.6 is 0 Å². The third-order valence-electron chi connectivity index (χ3n) is 2.69. The second kappa shape index (κ2) is 2.61. The highest BCUT2D eigenvalue weighted by molar-refractivity contribution is 5.76. The van der Waals surface area contributed by atoms with E-state index in [1.807, 2.05) is 18.2 Å². The molecular formula is C13H9O. The van der Waals surface area contributed by atoms with E-state index in [-0.39, 0.29) is 5.75 Å². The predicted octanol–water partition coefficient (Wildman–Crippen LogP) is 2.76. The second-order valence-electron chi connectivity index (χ2n) is 3.57. The van der Waals surface area contributed by atoms with Crippen molar-refractivity contribution in [2.75, 3.05) is 0 Å². The predicted molar refractivity (Wildman–Crippen MR) is 55.2 cm³/mol. The fourth-order valence-corrected chi connectivity index (χ4v) is 2.05. The average Bonchev–Trinajstić information content (AvgIpc) is 2.54. The smallest absolute Gasteiger partial charge is 0.123 e. The van der Waals surface area contributed by atoms with Crippen molar-refractivity contribution in [2.45, 2.75) is 6.42 Å². The summed E-state index contributed by atoms with van der Waals surface area (Å²) in [4.78, 5) is 0. The van der Waals surface area contributed by atoms with Crippen LogP contribution < -0.4 is 0 Å². The van der Waals surface area contributed by atoms with E-state index in [9.17, 15) is 5.11 Å². The summed E-state index contributed by atoms with van der Waals surface area (Å²) in [5, 5.41) is 9.32. The van der Waals surface area contributed by atoms with Gasteiger partial charge in [0.1, 0.15) is 5.75 Å². The van der Waals surface area contributed by atoms with Gasteiger partial charge in [-0.05, 0) is 34.7 Å². The first kappa shape index (κ1) is 7.63. The van der Waals surface area contributed by atoms with Crippen molar-refractivity contribution in [1.82, 2.24) is 0 Å². The molecule has 1 radical (unpaired) electrons. The minimum atomic E-state index is 0.233. The Morgan fingerprint density at radius 3 is 2.79 bits per heavy atom. The first-order chi connectivity index (χ1) is 6.84. The lowest BCUT2D eigenvalue weighted by Gasteiger charge is -1.99. The molecule has 0 saturated heterocycles. The Morgan fingerprint density at radius 2 is 1.86 bits per heavy atom. The van der Waals surface area contributed by atoms with Gasteiger partial charge in [-0.3, -0.25) is 0 Å². The van der Waals surface area contributed by atoms with E-state index < -0.39 is 0 Å². The van der Waals surface area contributed by atoms with E-state index in [4.69, 9.17) is 0 Å². The topological polar surface area (TPSA) is 20.2 Å². The third kappa shape index (κ3) is 0.956. The van der Waals surface area contributed by atoms with Crippen LogP contribution in [0.4, 0.5) is 0 Å². The van der Waals surface area contributed by atoms with Crippen molar-refractivity contribution in [1.29, 1.82) is 0 Å². The van der Waals surface area contributed by atoms with E-state index in [1.165, 1.54) is 16.7 Å². The summed E-state index contributed by atoms with van der Waals surface area (Å²) in [6, 6.07) is 15.0. The van der Waals surface area contributed by atoms with Crippen molar-refractivity contribution in [3.63, 3.8) is 0 Å². The minimum absolute atomic E-state index is 0.233. The molecule has 1 heteroatoms. The van der Waals surface area contributed by atoms with Gasteiger partial charge in [-0.2, -0.15) is 0 Å². The van der Waals surface area contributed by atoms with Gasteiger partial charge >= 0.3 is 0 Å². The van der Waals surface area contributed by atoms with Gasteiger partial charge < -0.3 is 5.11 Å². The second-order valence-corrected chi connectivity index (χ2v) is 3.57. The molecule has 0 amide bonds. The minimum Gasteiger partial charge on any atom is -0.507 e. The van der Waals surface area contributed by atoms with Gasteiger partial charge in [-0.15, -0.1) is 0 Å². The number of phenols is 1. The van der Waals surface area contributed by atoms with E-state index in [1.54, 1.807) is 6.07 Å². The highest BCUT2D eigenvalue weighted by atomic mass is 16.3. The summed E-state index contributed by atoms with van der Waals surface area (Å²) >= 11 is 0. The molecule has 1 nitrogen and oxygen atoms in total. The van der Waals surface area contributed by atoms with Crippen molar-refractivity contribution in [3.8, 4) is 16.9 Å². The van der Waals surface area contributed by atoms with Crippen molar-refractivity contribution in [2.24, 2.45) is 0 Å². The van der Waals surface area contributed by atoms with Gasteiger partial charge in [0.05, 0.1) is 0 Å². The Morgan fingerprint density at radius 1 is 1.00 bits per heavy atom. The zero-order valence-corrected chi connectivity index (χ0v) is 7.62. The molecule has 0 aliphatic heterocycles. The number of phenolic OH excluding ortho intramolecular Hbond substituents is 1. The molecule has 0 saturated carbocycles. The van der Waals surface area contributed by atoms with Crippen LogP contribution in [0, 0.1) is 6.07 Å². The molecule has 67 valence electrons. The highest BCUT2D eigenvalue weighted by Gasteiger charge is 2.17. The van der Waals surface area contributed by atoms with Crippen molar-refractivity contribution in [3.05, 3.63) is 53.6 Å². The maximum absolute atomic E-state index is 9.32. The maximum atomic E-state index is 9.32. The summed E-state index contributed by atoms with van der Waals surface area (Å²) in [6.07, 6.45) is 0.889. The Bertz CT molecular complexity index is 500. The van der Waals surface area contributed by atoms with Gasteiger partial charge in [0.2, 0.25) is 0 Å². The Hall–Kier alpha value is -1.76. The molecule has 14 heavy (non-hydrogen) atoms. The SMILES string of the molecule is Oc1[c]c2c(cc1)-c1ccccc1C2. The molecule has 0 heterocycles. The number of hydrogen-bond acceptors (Lipinski definition) is 1. The third-order valence-corrected chi connectivity index (χ3v) is 2.69. The zero-order chi connectivity index (χ0) is 9.54. The van der Waals surface area contributed by atoms with E-state index >= 15 is 0 Å². The standard InChI is InChI=1S/C13H9O/c14-11-5-6-13-10(8-11)7-9-3-1-2-4-12(9)13/h1-6,14H,7H2. The van der Waals surface area contributed by atoms with Gasteiger partial charge in [0.25, 0.3) is 0 Å². The largest absolute Gasteiger partial charge is 0.507 e. The average molecular weight is 181 g/mol. The number of fused-ring (bicyclic) bond motifs is 3. The van der Waals surface area contributed by atoms with Gasteiger partial charge in [0.15, 0.2) is 0 Å². The van der Waals surface area contributed by atoms with Crippen LogP contribution in [0.5, 0.6) is 5.75 Å². The van der Waals surface area contributed by atoms with Crippen molar-refractivity contribution >= 4 is 0 Å². The number of rotatable bonds is 0. The Kier molecular flexibility index (Phi) is 1.42. The van der Waals surface area contributed by atoms with Crippen LogP contribution in [-0.4, -0.2) is 5.11 Å². The lowest BCUT2D eigenvalue weighted by Crippen LogP contribution is -1.79.